The fourth-order valence-corrected chi connectivity index (χ4v) is 3.05. The van der Waals surface area contributed by atoms with E-state index >= 15 is 0 Å². The fourth-order valence-electron chi connectivity index (χ4n) is 3.05. The van der Waals surface area contributed by atoms with E-state index in [1.165, 1.54) is 25.8 Å². The quantitative estimate of drug-likeness (QED) is 0.743. The van der Waals surface area contributed by atoms with Crippen LogP contribution in [0.5, 0.6) is 0 Å². The van der Waals surface area contributed by atoms with Crippen LogP contribution >= 0.6 is 0 Å². The lowest BCUT2D eigenvalue weighted by Crippen LogP contribution is -2.50. The van der Waals surface area contributed by atoms with Crippen LogP contribution in [0.4, 0.5) is 4.79 Å². The number of likely N-dealkylation sites (tertiary alicyclic amines) is 2. The van der Waals surface area contributed by atoms with Gasteiger partial charge < -0.3 is 10.0 Å². The highest BCUT2D eigenvalue weighted by Gasteiger charge is 2.30. The maximum absolute atomic E-state index is 10.8. The van der Waals surface area contributed by atoms with Crippen LogP contribution in [-0.4, -0.2) is 52.7 Å². The zero-order valence-electron chi connectivity index (χ0n) is 10.1. The molecule has 4 nitrogen and oxygen atoms in total. The van der Waals surface area contributed by atoms with Crippen LogP contribution in [0.2, 0.25) is 0 Å². The van der Waals surface area contributed by atoms with Gasteiger partial charge in [-0.1, -0.05) is 6.42 Å². The van der Waals surface area contributed by atoms with Crippen molar-refractivity contribution in [3.63, 3.8) is 0 Å². The number of rotatable bonds is 1. The van der Waals surface area contributed by atoms with Crippen molar-refractivity contribution >= 4 is 6.09 Å². The van der Waals surface area contributed by atoms with E-state index in [-0.39, 0.29) is 0 Å². The molecule has 92 valence electrons. The van der Waals surface area contributed by atoms with Gasteiger partial charge in [0.25, 0.3) is 0 Å². The monoisotopic (exact) mass is 226 g/mol. The summed E-state index contributed by atoms with van der Waals surface area (Å²) < 4.78 is 0. The number of piperidine rings is 2. The van der Waals surface area contributed by atoms with Crippen LogP contribution in [0.25, 0.3) is 0 Å². The minimum atomic E-state index is -0.759. The van der Waals surface area contributed by atoms with Crippen LogP contribution in [0.1, 0.15) is 39.0 Å². The maximum atomic E-state index is 10.8. The number of hydrogen-bond acceptors (Lipinski definition) is 2. The minimum Gasteiger partial charge on any atom is -0.465 e. The molecule has 2 heterocycles. The molecule has 0 aliphatic carbocycles. The molecular formula is C12H22N2O2. The van der Waals surface area contributed by atoms with Gasteiger partial charge in [0.2, 0.25) is 0 Å². The van der Waals surface area contributed by atoms with E-state index < -0.39 is 6.09 Å². The lowest BCUT2D eigenvalue weighted by molar-refractivity contribution is 0.0568. The number of hydrogen-bond donors (Lipinski definition) is 1. The van der Waals surface area contributed by atoms with Crippen LogP contribution in [0, 0.1) is 0 Å². The second kappa shape index (κ2) is 5.04. The molecule has 0 radical (unpaired) electrons. The topological polar surface area (TPSA) is 43.8 Å². The van der Waals surface area contributed by atoms with Crippen molar-refractivity contribution < 1.29 is 9.90 Å². The Morgan fingerprint density at radius 1 is 1.12 bits per heavy atom. The molecule has 4 heteroatoms. The van der Waals surface area contributed by atoms with Gasteiger partial charge in [0, 0.05) is 25.2 Å². The van der Waals surface area contributed by atoms with E-state index in [4.69, 9.17) is 5.11 Å². The normalized spacial score (nSPS) is 29.3. The highest BCUT2D eigenvalue weighted by molar-refractivity contribution is 5.65. The first-order valence-corrected chi connectivity index (χ1v) is 6.42. The van der Waals surface area contributed by atoms with Crippen molar-refractivity contribution in [3.05, 3.63) is 0 Å². The minimum absolute atomic E-state index is 0.617. The molecule has 2 saturated heterocycles. The van der Waals surface area contributed by atoms with Crippen LogP contribution < -0.4 is 0 Å². The smallest absolute Gasteiger partial charge is 0.407 e. The van der Waals surface area contributed by atoms with E-state index in [1.54, 1.807) is 4.90 Å². The van der Waals surface area contributed by atoms with Gasteiger partial charge in [-0.3, -0.25) is 4.90 Å². The average Bonchev–Trinajstić information content (AvgIpc) is 2.30. The lowest BCUT2D eigenvalue weighted by Gasteiger charge is -2.43. The van der Waals surface area contributed by atoms with Crippen molar-refractivity contribution in [1.82, 2.24) is 9.80 Å². The average molecular weight is 226 g/mol. The van der Waals surface area contributed by atoms with Crippen LogP contribution in [0.15, 0.2) is 0 Å². The zero-order valence-corrected chi connectivity index (χ0v) is 10.1. The number of carbonyl (C=O) groups is 1. The Balaban J connectivity index is 1.85. The Bertz CT molecular complexity index is 249. The SMILES string of the molecule is CC1CCCCN1C1CCN(C(=O)O)CC1. The molecule has 1 N–H and O–H groups in total. The second-order valence-corrected chi connectivity index (χ2v) is 5.08. The third-order valence-electron chi connectivity index (χ3n) is 4.06. The molecule has 2 fully saturated rings. The molecule has 1 atom stereocenters. The van der Waals surface area contributed by atoms with Gasteiger partial charge in [-0.05, 0) is 39.2 Å². The largest absolute Gasteiger partial charge is 0.465 e. The van der Waals surface area contributed by atoms with Crippen LogP contribution in [-0.2, 0) is 0 Å². The molecule has 2 aliphatic rings. The number of amides is 1. The van der Waals surface area contributed by atoms with E-state index in [2.05, 4.69) is 11.8 Å². The summed E-state index contributed by atoms with van der Waals surface area (Å²) in [4.78, 5) is 15.0. The number of nitrogens with zero attached hydrogens (tertiary/aromatic N) is 2. The standard InChI is InChI=1S/C12H22N2O2/c1-10-4-2-3-7-14(10)11-5-8-13(9-6-11)12(15)16/h10-11H,2-9H2,1H3,(H,15,16). The molecule has 2 rings (SSSR count). The Morgan fingerprint density at radius 3 is 2.38 bits per heavy atom. The first-order valence-electron chi connectivity index (χ1n) is 6.42. The molecule has 2 aliphatic heterocycles. The Morgan fingerprint density at radius 2 is 1.81 bits per heavy atom. The first-order chi connectivity index (χ1) is 7.68. The molecular weight excluding hydrogens is 204 g/mol. The summed E-state index contributed by atoms with van der Waals surface area (Å²) in [5.41, 5.74) is 0. The van der Waals surface area contributed by atoms with Crippen molar-refractivity contribution in [1.29, 1.82) is 0 Å². The molecule has 0 bridgehead atoms. The molecule has 16 heavy (non-hydrogen) atoms. The molecule has 0 aromatic heterocycles. The summed E-state index contributed by atoms with van der Waals surface area (Å²) in [5, 5.41) is 8.90. The predicted octanol–water partition coefficient (Wildman–Crippen LogP) is 2.00. The zero-order chi connectivity index (χ0) is 11.5. The van der Waals surface area contributed by atoms with Gasteiger partial charge in [0.15, 0.2) is 0 Å². The predicted molar refractivity (Wildman–Crippen MR) is 62.6 cm³/mol. The van der Waals surface area contributed by atoms with Gasteiger partial charge in [0.05, 0.1) is 0 Å². The van der Waals surface area contributed by atoms with E-state index in [0.717, 1.165) is 12.8 Å². The van der Waals surface area contributed by atoms with E-state index in [0.29, 0.717) is 25.2 Å². The van der Waals surface area contributed by atoms with Crippen molar-refractivity contribution in [2.24, 2.45) is 0 Å². The molecule has 0 saturated carbocycles. The summed E-state index contributed by atoms with van der Waals surface area (Å²) in [6.45, 7) is 4.94. The van der Waals surface area contributed by atoms with Gasteiger partial charge in [-0.25, -0.2) is 4.79 Å². The summed E-state index contributed by atoms with van der Waals surface area (Å²) >= 11 is 0. The van der Waals surface area contributed by atoms with Gasteiger partial charge in [-0.15, -0.1) is 0 Å². The lowest BCUT2D eigenvalue weighted by atomic mass is 9.96. The molecule has 0 aromatic carbocycles. The molecule has 1 unspecified atom stereocenters. The third kappa shape index (κ3) is 2.48. The van der Waals surface area contributed by atoms with Crippen LogP contribution in [0.3, 0.4) is 0 Å². The Hall–Kier alpha value is -0.770. The van der Waals surface area contributed by atoms with Crippen molar-refractivity contribution in [2.75, 3.05) is 19.6 Å². The third-order valence-corrected chi connectivity index (χ3v) is 4.06. The summed E-state index contributed by atoms with van der Waals surface area (Å²) in [6, 6.07) is 1.31. The van der Waals surface area contributed by atoms with E-state index in [1.807, 2.05) is 0 Å². The summed E-state index contributed by atoms with van der Waals surface area (Å²) in [6.07, 6.45) is 5.23. The van der Waals surface area contributed by atoms with Gasteiger partial charge >= 0.3 is 6.09 Å². The fraction of sp³-hybridized carbons (Fsp3) is 0.917. The summed E-state index contributed by atoms with van der Waals surface area (Å²) in [7, 11) is 0. The van der Waals surface area contributed by atoms with Gasteiger partial charge in [0.1, 0.15) is 0 Å². The molecule has 1 amide bonds. The first kappa shape index (κ1) is 11.7. The van der Waals surface area contributed by atoms with Gasteiger partial charge in [-0.2, -0.15) is 0 Å². The maximum Gasteiger partial charge on any atom is 0.407 e. The molecule has 0 aromatic rings. The second-order valence-electron chi connectivity index (χ2n) is 5.08. The summed E-state index contributed by atoms with van der Waals surface area (Å²) in [5.74, 6) is 0. The van der Waals surface area contributed by atoms with Crippen molar-refractivity contribution in [3.8, 4) is 0 Å². The molecule has 0 spiro atoms. The highest BCUT2D eigenvalue weighted by Crippen LogP contribution is 2.24. The Labute approximate surface area is 97.2 Å². The van der Waals surface area contributed by atoms with E-state index in [9.17, 15) is 4.79 Å². The van der Waals surface area contributed by atoms with Crippen molar-refractivity contribution in [2.45, 2.75) is 51.1 Å². The number of carboxylic acid groups (broad SMARTS) is 1. The highest BCUT2D eigenvalue weighted by atomic mass is 16.4. The Kier molecular flexibility index (Phi) is 3.69.